The molecule has 140 valence electrons. The third kappa shape index (κ3) is 12.9. The van der Waals surface area contributed by atoms with Crippen molar-refractivity contribution in [3.05, 3.63) is 12.2 Å². The minimum Gasteiger partial charge on any atom is -1.00 e. The molecule has 1 N–H and O–H groups in total. The molecule has 1 atom stereocenters. The van der Waals surface area contributed by atoms with E-state index in [1.165, 1.54) is 58.2 Å². The molecule has 0 aromatic rings. The Morgan fingerprint density at radius 1 is 1.00 bits per heavy atom. The molecule has 0 bridgehead atoms. The zero-order chi connectivity index (χ0) is 16.8. The van der Waals surface area contributed by atoms with Gasteiger partial charge in [-0.2, -0.15) is 0 Å². The Morgan fingerprint density at radius 2 is 1.43 bits per heavy atom. The van der Waals surface area contributed by atoms with Gasteiger partial charge in [0.2, 0.25) is 0 Å². The molecule has 0 aliphatic rings. The summed E-state index contributed by atoms with van der Waals surface area (Å²) in [5, 5.41) is 10.4. The molecule has 0 aromatic carbocycles. The van der Waals surface area contributed by atoms with Gasteiger partial charge in [0.05, 0.1) is 32.8 Å². The van der Waals surface area contributed by atoms with Gasteiger partial charge in [-0.3, -0.25) is 0 Å². The fourth-order valence-electron chi connectivity index (χ4n) is 2.96. The zero-order valence-corrected chi connectivity index (χ0v) is 16.7. The second-order valence-corrected chi connectivity index (χ2v) is 6.88. The molecular weight excluding hydrogens is 310 g/mol. The van der Waals surface area contributed by atoms with Crippen LogP contribution in [0.15, 0.2) is 12.2 Å². The molecule has 0 heterocycles. The van der Waals surface area contributed by atoms with Crippen LogP contribution in [0.2, 0.25) is 0 Å². The molecule has 3 nitrogen and oxygen atoms in total. The smallest absolute Gasteiger partial charge is 0.126 e. The van der Waals surface area contributed by atoms with Gasteiger partial charge in [-0.1, -0.05) is 52.2 Å². The molecule has 0 aliphatic heterocycles. The summed E-state index contributed by atoms with van der Waals surface area (Å²) >= 11 is 0. The molecule has 23 heavy (non-hydrogen) atoms. The van der Waals surface area contributed by atoms with E-state index in [0.717, 1.165) is 16.6 Å². The number of unbranched alkanes of at least 4 members (excludes halogenated alkanes) is 3. The first kappa shape index (κ1) is 25.2. The van der Waals surface area contributed by atoms with E-state index in [9.17, 15) is 5.11 Å². The molecule has 0 saturated carbocycles. The summed E-state index contributed by atoms with van der Waals surface area (Å²) in [4.78, 5) is 0. The highest BCUT2D eigenvalue weighted by Gasteiger charge is 2.29. The zero-order valence-electron chi connectivity index (χ0n) is 16.0. The first-order valence-corrected chi connectivity index (χ1v) is 9.25. The Hall–Kier alpha value is -0.0900. The predicted molar refractivity (Wildman–Crippen MR) is 96.1 cm³/mol. The van der Waals surface area contributed by atoms with Crippen molar-refractivity contribution in [2.75, 3.05) is 39.4 Å². The van der Waals surface area contributed by atoms with Crippen LogP contribution in [0.4, 0.5) is 0 Å². The molecule has 4 heteroatoms. The quantitative estimate of drug-likeness (QED) is 0.355. The van der Waals surface area contributed by atoms with Crippen LogP contribution >= 0.6 is 0 Å². The van der Waals surface area contributed by atoms with Crippen LogP contribution in [0.5, 0.6) is 0 Å². The van der Waals surface area contributed by atoms with Crippen LogP contribution in [0.25, 0.3) is 0 Å². The van der Waals surface area contributed by atoms with Gasteiger partial charge in [-0.05, 0) is 26.2 Å². The lowest BCUT2D eigenvalue weighted by atomic mass is 10.1. The van der Waals surface area contributed by atoms with Gasteiger partial charge >= 0.3 is 0 Å². The Labute approximate surface area is 151 Å². The maximum Gasteiger partial charge on any atom is 0.126 e. The van der Waals surface area contributed by atoms with Gasteiger partial charge in [0.25, 0.3) is 0 Å². The van der Waals surface area contributed by atoms with Crippen molar-refractivity contribution in [1.29, 1.82) is 0 Å². The Kier molecular flexibility index (Phi) is 16.9. The average Bonchev–Trinajstić information content (AvgIpc) is 2.48. The number of hydrogen-bond acceptors (Lipinski definition) is 2. The molecule has 0 saturated heterocycles. The average molecular weight is 350 g/mol. The van der Waals surface area contributed by atoms with Gasteiger partial charge in [-0.15, -0.1) is 0 Å². The lowest BCUT2D eigenvalue weighted by Gasteiger charge is -2.40. The number of ether oxygens (including phenoxy) is 1. The van der Waals surface area contributed by atoms with Gasteiger partial charge in [0.1, 0.15) is 12.6 Å². The molecule has 1 unspecified atom stereocenters. The maximum atomic E-state index is 10.4. The van der Waals surface area contributed by atoms with Crippen molar-refractivity contribution in [2.45, 2.75) is 72.3 Å². The largest absolute Gasteiger partial charge is 1.00 e. The second-order valence-electron chi connectivity index (χ2n) is 6.88. The van der Waals surface area contributed by atoms with E-state index in [0.29, 0.717) is 13.2 Å². The third-order valence-electron chi connectivity index (χ3n) is 4.21. The van der Waals surface area contributed by atoms with Crippen LogP contribution in [0, 0.1) is 0 Å². The van der Waals surface area contributed by atoms with Crippen molar-refractivity contribution in [1.82, 2.24) is 0 Å². The van der Waals surface area contributed by atoms with E-state index in [4.69, 9.17) is 4.74 Å². The summed E-state index contributed by atoms with van der Waals surface area (Å²) < 4.78 is 6.62. The van der Waals surface area contributed by atoms with Gasteiger partial charge in [-0.25, -0.2) is 0 Å². The summed E-state index contributed by atoms with van der Waals surface area (Å²) in [5.74, 6) is 0. The number of aliphatic hydroxyl groups excluding tert-OH is 1. The highest BCUT2D eigenvalue weighted by Crippen LogP contribution is 2.16. The third-order valence-corrected chi connectivity index (χ3v) is 4.21. The van der Waals surface area contributed by atoms with E-state index < -0.39 is 0 Å². The summed E-state index contributed by atoms with van der Waals surface area (Å²) in [5.41, 5.74) is 1.01. The number of hydrogen-bond donors (Lipinski definition) is 1. The number of nitrogens with zero attached hydrogens (tertiary/aromatic N) is 1. The molecular formula is C19H40ClNO2. The van der Waals surface area contributed by atoms with Crippen molar-refractivity contribution in [2.24, 2.45) is 0 Å². The minimum absolute atomic E-state index is 0. The van der Waals surface area contributed by atoms with E-state index >= 15 is 0 Å². The molecule has 0 fully saturated rings. The topological polar surface area (TPSA) is 29.5 Å². The summed E-state index contributed by atoms with van der Waals surface area (Å²) in [6.45, 7) is 17.9. The minimum atomic E-state index is -0.370. The molecule has 0 spiro atoms. The fraction of sp³-hybridized carbons (Fsp3) is 0.895. The summed E-state index contributed by atoms with van der Waals surface area (Å²) in [7, 11) is 0. The SMILES string of the molecule is C=C(C)COCC(O)C[N+](CCCC)(CCCC)CCCC.[Cl-]. The summed E-state index contributed by atoms with van der Waals surface area (Å²) in [6.07, 6.45) is 7.03. The lowest BCUT2D eigenvalue weighted by Crippen LogP contribution is -3.00. The van der Waals surface area contributed by atoms with Crippen LogP contribution in [-0.2, 0) is 4.74 Å². The molecule has 0 rings (SSSR count). The Morgan fingerprint density at radius 3 is 1.78 bits per heavy atom. The van der Waals surface area contributed by atoms with E-state index in [2.05, 4.69) is 27.4 Å². The first-order chi connectivity index (χ1) is 10.5. The van der Waals surface area contributed by atoms with Crippen LogP contribution in [0.3, 0.4) is 0 Å². The molecule has 0 aliphatic carbocycles. The van der Waals surface area contributed by atoms with Crippen molar-refractivity contribution < 1.29 is 26.7 Å². The molecule has 0 radical (unpaired) electrons. The maximum absolute atomic E-state index is 10.4. The monoisotopic (exact) mass is 349 g/mol. The predicted octanol–water partition coefficient (Wildman–Crippen LogP) is 1.16. The first-order valence-electron chi connectivity index (χ1n) is 9.25. The van der Waals surface area contributed by atoms with E-state index in [1.54, 1.807) is 0 Å². The lowest BCUT2D eigenvalue weighted by molar-refractivity contribution is -0.931. The van der Waals surface area contributed by atoms with Crippen LogP contribution in [0.1, 0.15) is 66.2 Å². The molecule has 0 amide bonds. The summed E-state index contributed by atoms with van der Waals surface area (Å²) in [6, 6.07) is 0. The number of halogens is 1. The molecule has 0 aromatic heterocycles. The second kappa shape index (κ2) is 15.4. The van der Waals surface area contributed by atoms with E-state index in [1.807, 2.05) is 6.92 Å². The van der Waals surface area contributed by atoms with Crippen molar-refractivity contribution in [3.63, 3.8) is 0 Å². The van der Waals surface area contributed by atoms with Crippen molar-refractivity contribution >= 4 is 0 Å². The Bertz CT molecular complexity index is 263. The standard InChI is InChI=1S/C19H40NO2.ClH/c1-6-9-12-20(13-10-7-2,14-11-8-3)15-19(21)17-22-16-18(4)5;/h19,21H,4,6-17H2,1-3,5H3;1H/q+1;/p-1. The van der Waals surface area contributed by atoms with Gasteiger partial charge in [0.15, 0.2) is 0 Å². The normalized spacial score (nSPS) is 12.7. The number of rotatable bonds is 15. The van der Waals surface area contributed by atoms with Gasteiger partial charge < -0.3 is 26.7 Å². The van der Waals surface area contributed by atoms with Crippen LogP contribution in [-0.4, -0.2) is 55.1 Å². The highest BCUT2D eigenvalue weighted by molar-refractivity contribution is 4.87. The fourth-order valence-corrected chi connectivity index (χ4v) is 2.96. The van der Waals surface area contributed by atoms with E-state index in [-0.39, 0.29) is 18.5 Å². The van der Waals surface area contributed by atoms with Gasteiger partial charge in [0, 0.05) is 0 Å². The Balaban J connectivity index is 0. The number of aliphatic hydroxyl groups is 1. The van der Waals surface area contributed by atoms with Crippen LogP contribution < -0.4 is 12.4 Å². The highest BCUT2D eigenvalue weighted by atomic mass is 35.5. The number of quaternary nitrogens is 1. The van der Waals surface area contributed by atoms with Crippen molar-refractivity contribution in [3.8, 4) is 0 Å².